The third-order valence-electron chi connectivity index (χ3n) is 13.7. The van der Waals surface area contributed by atoms with Crippen LogP contribution in [0.4, 0.5) is 0 Å². The Labute approximate surface area is 505 Å². The first-order valence-corrected chi connectivity index (χ1v) is 31.2. The van der Waals surface area contributed by atoms with Crippen LogP contribution >= 0.6 is 45.3 Å². The van der Waals surface area contributed by atoms with E-state index >= 15 is 0 Å². The van der Waals surface area contributed by atoms with Crippen LogP contribution in [0.3, 0.4) is 0 Å². The number of hydrogen-bond acceptors (Lipinski definition) is 14. The van der Waals surface area contributed by atoms with Gasteiger partial charge in [0.25, 0.3) is 0 Å². The summed E-state index contributed by atoms with van der Waals surface area (Å²) in [7, 11) is 0. The summed E-state index contributed by atoms with van der Waals surface area (Å²) in [6, 6.07) is 45.3. The van der Waals surface area contributed by atoms with E-state index in [1.165, 1.54) is 63.3 Å². The van der Waals surface area contributed by atoms with Crippen molar-refractivity contribution in [3.63, 3.8) is 0 Å². The second-order valence-electron chi connectivity index (χ2n) is 20.3. The number of nitrogens with two attached hydrogens (primary N) is 2. The molecule has 0 spiro atoms. The number of aryl methyl sites for hydroxylation is 2. The average molecular weight is 1210 g/mol. The minimum Gasteiger partial charge on any atom is -0.508 e. The molecule has 4 heterocycles. The molecule has 20 heteroatoms. The molecule has 4 atom stereocenters. The Morgan fingerprint density at radius 2 is 0.690 bits per heavy atom. The molecule has 0 bridgehead atoms. The van der Waals surface area contributed by atoms with Crippen LogP contribution in [0.15, 0.2) is 158 Å². The third-order valence-corrected chi connectivity index (χ3v) is 18.7. The zero-order chi connectivity index (χ0) is 59.2. The Morgan fingerprint density at radius 3 is 1.06 bits per heavy atom. The van der Waals surface area contributed by atoms with E-state index in [2.05, 4.69) is 80.4 Å². The van der Waals surface area contributed by atoms with Gasteiger partial charge in [-0.15, -0.1) is 45.3 Å². The van der Waals surface area contributed by atoms with Crippen molar-refractivity contribution >= 4 is 80.8 Å². The molecule has 438 valence electrons. The Hall–Kier alpha value is -7.98. The molecule has 84 heavy (non-hydrogen) atoms. The molecule has 0 saturated heterocycles. The number of nitrogens with one attached hydrogen (secondary N) is 6. The number of amides is 6. The molecule has 0 radical (unpaired) electrons. The van der Waals surface area contributed by atoms with E-state index in [-0.39, 0.29) is 87.0 Å². The maximum Gasteiger partial charge on any atom is 0.242 e. The average Bonchev–Trinajstić information content (AvgIpc) is 4.20. The van der Waals surface area contributed by atoms with Crippen LogP contribution in [0.2, 0.25) is 0 Å². The van der Waals surface area contributed by atoms with E-state index in [1.54, 1.807) is 69.6 Å². The molecule has 8 aromatic rings. The highest BCUT2D eigenvalue weighted by Gasteiger charge is 2.26. The van der Waals surface area contributed by atoms with Crippen LogP contribution in [0.5, 0.6) is 11.5 Å². The summed E-state index contributed by atoms with van der Waals surface area (Å²) in [6.07, 6.45) is 4.56. The number of aromatic hydroxyl groups is 2. The number of benzene rings is 4. The highest BCUT2D eigenvalue weighted by Crippen LogP contribution is 2.43. The lowest BCUT2D eigenvalue weighted by atomic mass is 10.0. The number of phenols is 2. The lowest BCUT2D eigenvalue weighted by Gasteiger charge is -2.21. The summed E-state index contributed by atoms with van der Waals surface area (Å²) >= 11 is 6.97. The van der Waals surface area contributed by atoms with Crippen molar-refractivity contribution in [2.75, 3.05) is 26.2 Å². The zero-order valence-corrected chi connectivity index (χ0v) is 49.6. The quantitative estimate of drug-likeness (QED) is 0.0187. The van der Waals surface area contributed by atoms with E-state index in [0.29, 0.717) is 25.7 Å². The summed E-state index contributed by atoms with van der Waals surface area (Å²) in [5.41, 5.74) is 15.7. The predicted molar refractivity (Wildman–Crippen MR) is 336 cm³/mol. The summed E-state index contributed by atoms with van der Waals surface area (Å²) in [6.45, 7) is 0.862. The van der Waals surface area contributed by atoms with Crippen LogP contribution in [0.25, 0.3) is 29.3 Å². The summed E-state index contributed by atoms with van der Waals surface area (Å²) in [5.74, 6) is -1.67. The minimum atomic E-state index is -0.902. The van der Waals surface area contributed by atoms with Gasteiger partial charge in [0.05, 0.1) is 12.1 Å². The molecular weight excluding hydrogens is 1140 g/mol. The molecule has 12 N–H and O–H groups in total. The van der Waals surface area contributed by atoms with Crippen molar-refractivity contribution in [1.82, 2.24) is 31.9 Å². The number of phenolic OH excluding ortho intramolecular Hbond substituents is 2. The molecule has 4 aromatic carbocycles. The van der Waals surface area contributed by atoms with Crippen LogP contribution in [-0.2, 0) is 67.3 Å². The van der Waals surface area contributed by atoms with E-state index in [4.69, 9.17) is 11.5 Å². The van der Waals surface area contributed by atoms with Gasteiger partial charge < -0.3 is 53.6 Å². The van der Waals surface area contributed by atoms with Gasteiger partial charge in [0.2, 0.25) is 35.4 Å². The Morgan fingerprint density at radius 1 is 0.369 bits per heavy atom. The fraction of sp³-hybridized carbons (Fsp3) is 0.281. The molecular formula is C64H70N8O8S4. The van der Waals surface area contributed by atoms with Crippen LogP contribution < -0.4 is 43.4 Å². The molecule has 0 saturated carbocycles. The number of carbonyl (C=O) groups excluding carboxylic acids is 6. The largest absolute Gasteiger partial charge is 0.508 e. The van der Waals surface area contributed by atoms with Gasteiger partial charge in [-0.05, 0) is 134 Å². The summed E-state index contributed by atoms with van der Waals surface area (Å²) in [5, 5.41) is 36.3. The van der Waals surface area contributed by atoms with Gasteiger partial charge in [-0.25, -0.2) is 0 Å². The summed E-state index contributed by atoms with van der Waals surface area (Å²) < 4.78 is 0. The lowest BCUT2D eigenvalue weighted by molar-refractivity contribution is -0.129. The first kappa shape index (κ1) is 62.1. The molecule has 4 aromatic heterocycles. The third kappa shape index (κ3) is 19.6. The molecule has 0 aliphatic carbocycles. The van der Waals surface area contributed by atoms with Gasteiger partial charge in [0.15, 0.2) is 0 Å². The summed E-state index contributed by atoms with van der Waals surface area (Å²) in [4.78, 5) is 88.0. The lowest BCUT2D eigenvalue weighted by Crippen LogP contribution is -2.53. The van der Waals surface area contributed by atoms with Crippen molar-refractivity contribution in [3.05, 3.63) is 190 Å². The SMILES string of the molecule is N[C@@H](Cc1ccc(O)cc1)C(=O)N[C@@H](Cc1ccccc1)C(=O)NCCNC(=O)CCCc1ccc(-c2ccc(-c3ccc(-c4ccc(CCCC(=O)NCCNC(=O)[C@H](Cc5ccccc5)NC(=O)[C@@H](N)Cc5ccc(O)cc5)s4)s3)s2)s1. The van der Waals surface area contributed by atoms with Gasteiger partial charge in [-0.1, -0.05) is 84.9 Å². The monoisotopic (exact) mass is 1210 g/mol. The van der Waals surface area contributed by atoms with Crippen molar-refractivity contribution in [1.29, 1.82) is 0 Å². The first-order valence-electron chi connectivity index (χ1n) is 27.9. The smallest absolute Gasteiger partial charge is 0.242 e. The second kappa shape index (κ2) is 31.6. The fourth-order valence-corrected chi connectivity index (χ4v) is 13.6. The van der Waals surface area contributed by atoms with Crippen LogP contribution in [0.1, 0.15) is 57.7 Å². The predicted octanol–water partition coefficient (Wildman–Crippen LogP) is 8.05. The normalized spacial score (nSPS) is 12.5. The topological polar surface area (TPSA) is 267 Å². The standard InChI is InChI=1S/C64H70N8O8S4/c65-49(37-43-17-21-45(73)22-18-43)61(77)71-51(39-41-9-3-1-4-10-41)63(79)69-35-33-67-59(75)15-7-13-47-25-27-53(81-47)55-29-31-57(83-55)58-32-30-56(84-58)54-28-26-48(82-54)14-8-16-60(76)68-34-36-70-64(80)52(40-42-11-5-2-6-12-42)72-62(78)50(66)38-44-19-23-46(74)24-20-44/h1-6,9-12,17-32,49-52,73-74H,7-8,13-16,33-40,65-66H2,(H,67,75)(H,68,76)(H,69,79)(H,70,80)(H,71,77)(H,72,78)/t49-,50-,51-,52-/m0/s1. The molecule has 0 aliphatic rings. The van der Waals surface area contributed by atoms with Gasteiger partial charge in [-0.2, -0.15) is 0 Å². The second-order valence-corrected chi connectivity index (χ2v) is 24.8. The van der Waals surface area contributed by atoms with Crippen molar-refractivity contribution < 1.29 is 39.0 Å². The van der Waals surface area contributed by atoms with Gasteiger partial charge in [0.1, 0.15) is 23.6 Å². The van der Waals surface area contributed by atoms with Gasteiger partial charge >= 0.3 is 0 Å². The molecule has 8 rings (SSSR count). The number of rotatable bonds is 31. The molecule has 6 amide bonds. The molecule has 0 aliphatic heterocycles. The molecule has 16 nitrogen and oxygen atoms in total. The number of carbonyl (C=O) groups is 6. The minimum absolute atomic E-state index is 0.104. The van der Waals surface area contributed by atoms with E-state index in [0.717, 1.165) is 35.1 Å². The molecule has 0 unspecified atom stereocenters. The van der Waals surface area contributed by atoms with E-state index in [1.807, 2.05) is 60.7 Å². The van der Waals surface area contributed by atoms with Crippen molar-refractivity contribution in [2.24, 2.45) is 11.5 Å². The first-order chi connectivity index (χ1) is 40.7. The number of hydrogen-bond donors (Lipinski definition) is 10. The van der Waals surface area contributed by atoms with E-state index in [9.17, 15) is 39.0 Å². The van der Waals surface area contributed by atoms with E-state index < -0.39 is 36.0 Å². The Bertz CT molecular complexity index is 3190. The Balaban J connectivity index is 0.709. The maximum absolute atomic E-state index is 13.3. The van der Waals surface area contributed by atoms with Crippen LogP contribution in [0, 0.1) is 0 Å². The maximum atomic E-state index is 13.3. The van der Waals surface area contributed by atoms with Crippen molar-refractivity contribution in [3.8, 4) is 40.8 Å². The van der Waals surface area contributed by atoms with Gasteiger partial charge in [-0.3, -0.25) is 28.8 Å². The van der Waals surface area contributed by atoms with Crippen molar-refractivity contribution in [2.45, 2.75) is 88.4 Å². The molecule has 0 fully saturated rings. The Kier molecular flexibility index (Phi) is 23.4. The number of thiophene rings is 4. The fourth-order valence-electron chi connectivity index (χ4n) is 9.17. The van der Waals surface area contributed by atoms with Gasteiger partial charge in [0, 0.05) is 90.9 Å². The zero-order valence-electron chi connectivity index (χ0n) is 46.4. The van der Waals surface area contributed by atoms with Crippen LogP contribution in [-0.4, -0.2) is 96.0 Å². The highest BCUT2D eigenvalue weighted by atomic mass is 32.1. The highest BCUT2D eigenvalue weighted by molar-refractivity contribution is 7.28.